The van der Waals surface area contributed by atoms with E-state index in [0.717, 1.165) is 41.5 Å². The standard InChI is InChI=1S/C43H42F4N4O7/c1-22-26(8-4-10-28(22)39-49-31-16-24(20-48-30-12-6-14-34(30)52)35(57-42(44)45)18-37(31)55-39)27-9-5-11-29(23(27)2)40-50-32-17-25(36(58-43(46)47)19-38(32)56-40)21-51-15-7-13-33(51)41(53)54-3/h4-5,8-11,16-19,30,33-34,42-43,48,52H,6-7,12-15,20-21H2,1-3H3/t30-,33+,34+/m1/s1. The van der Waals surface area contributed by atoms with E-state index >= 15 is 0 Å². The molecule has 8 rings (SSSR count). The van der Waals surface area contributed by atoms with Crippen molar-refractivity contribution in [2.75, 3.05) is 13.7 Å². The first kappa shape index (κ1) is 39.3. The van der Waals surface area contributed by atoms with Gasteiger partial charge in [-0.1, -0.05) is 24.3 Å². The minimum absolute atomic E-state index is 0.0323. The normalized spacial score (nSPS) is 18.6. The monoisotopic (exact) mass is 802 g/mol. The number of nitrogens with zero attached hydrogens (tertiary/aromatic N) is 3. The van der Waals surface area contributed by atoms with Gasteiger partial charge in [-0.05, 0) is 99.0 Å². The molecule has 2 aliphatic rings. The van der Waals surface area contributed by atoms with Crippen molar-refractivity contribution in [1.82, 2.24) is 20.2 Å². The maximum absolute atomic E-state index is 13.6. The molecule has 11 nitrogen and oxygen atoms in total. The third-order valence-electron chi connectivity index (χ3n) is 11.2. The number of carbonyl (C=O) groups excluding carboxylic acids is 1. The van der Waals surface area contributed by atoms with Gasteiger partial charge in [0.2, 0.25) is 11.8 Å². The molecule has 2 aromatic heterocycles. The molecule has 15 heteroatoms. The predicted molar refractivity (Wildman–Crippen MR) is 207 cm³/mol. The van der Waals surface area contributed by atoms with Crippen LogP contribution in [0.5, 0.6) is 11.5 Å². The van der Waals surface area contributed by atoms with Gasteiger partial charge in [0.1, 0.15) is 28.6 Å². The Balaban J connectivity index is 1.11. The summed E-state index contributed by atoms with van der Waals surface area (Å²) in [5, 5.41) is 13.5. The van der Waals surface area contributed by atoms with Crippen molar-refractivity contribution in [3.05, 3.63) is 82.9 Å². The Morgan fingerprint density at radius 3 is 1.90 bits per heavy atom. The molecule has 0 bridgehead atoms. The fourth-order valence-electron chi connectivity index (χ4n) is 8.28. The van der Waals surface area contributed by atoms with Crippen LogP contribution in [0.15, 0.2) is 69.5 Å². The molecule has 1 aliphatic carbocycles. The molecule has 0 amide bonds. The first-order valence-corrected chi connectivity index (χ1v) is 19.2. The van der Waals surface area contributed by atoms with Crippen LogP contribution in [0.2, 0.25) is 0 Å². The molecule has 2 N–H and O–H groups in total. The quantitative estimate of drug-likeness (QED) is 0.0857. The zero-order valence-corrected chi connectivity index (χ0v) is 32.1. The number of aliphatic hydroxyl groups excluding tert-OH is 1. The number of hydrogen-bond acceptors (Lipinski definition) is 11. The number of benzene rings is 4. The van der Waals surface area contributed by atoms with Crippen molar-refractivity contribution in [3.63, 3.8) is 0 Å². The minimum atomic E-state index is -3.07. The fourth-order valence-corrected chi connectivity index (χ4v) is 8.28. The van der Waals surface area contributed by atoms with Gasteiger partial charge in [0, 0.05) is 53.5 Å². The number of ether oxygens (including phenoxy) is 3. The number of carbonyl (C=O) groups is 1. The summed E-state index contributed by atoms with van der Waals surface area (Å²) in [5.41, 5.74) is 7.16. The Morgan fingerprint density at radius 1 is 0.810 bits per heavy atom. The maximum Gasteiger partial charge on any atom is 0.387 e. The number of nitrogens with one attached hydrogen (secondary N) is 1. The molecule has 304 valence electrons. The number of fused-ring (bicyclic) bond motifs is 2. The van der Waals surface area contributed by atoms with Gasteiger partial charge in [-0.2, -0.15) is 17.6 Å². The Kier molecular flexibility index (Phi) is 11.1. The summed E-state index contributed by atoms with van der Waals surface area (Å²) in [5.74, 6) is 0.109. The maximum atomic E-state index is 13.6. The summed E-state index contributed by atoms with van der Waals surface area (Å²) in [6, 6.07) is 17.0. The lowest BCUT2D eigenvalue weighted by Gasteiger charge is -2.23. The van der Waals surface area contributed by atoms with Crippen LogP contribution in [0.3, 0.4) is 0 Å². The van der Waals surface area contributed by atoms with E-state index in [0.29, 0.717) is 58.6 Å². The lowest BCUT2D eigenvalue weighted by Crippen LogP contribution is -2.36. The van der Waals surface area contributed by atoms with Crippen LogP contribution < -0.4 is 14.8 Å². The van der Waals surface area contributed by atoms with Gasteiger partial charge in [-0.15, -0.1) is 0 Å². The van der Waals surface area contributed by atoms with Crippen molar-refractivity contribution in [2.24, 2.45) is 0 Å². The summed E-state index contributed by atoms with van der Waals surface area (Å²) in [6.45, 7) is -1.26. The summed E-state index contributed by atoms with van der Waals surface area (Å²) < 4.78 is 81.2. The van der Waals surface area contributed by atoms with E-state index in [1.54, 1.807) is 12.1 Å². The van der Waals surface area contributed by atoms with E-state index in [-0.39, 0.29) is 53.7 Å². The van der Waals surface area contributed by atoms with Crippen molar-refractivity contribution >= 4 is 28.2 Å². The third kappa shape index (κ3) is 7.85. The number of aromatic nitrogens is 2. The highest BCUT2D eigenvalue weighted by molar-refractivity contribution is 5.85. The van der Waals surface area contributed by atoms with Gasteiger partial charge in [-0.3, -0.25) is 9.69 Å². The van der Waals surface area contributed by atoms with E-state index < -0.39 is 25.4 Å². The molecule has 6 aromatic rings. The van der Waals surface area contributed by atoms with Gasteiger partial charge < -0.3 is 33.5 Å². The molecule has 0 spiro atoms. The van der Waals surface area contributed by atoms with Crippen molar-refractivity contribution in [3.8, 4) is 45.5 Å². The molecule has 58 heavy (non-hydrogen) atoms. The number of rotatable bonds is 13. The van der Waals surface area contributed by atoms with Crippen LogP contribution >= 0.6 is 0 Å². The third-order valence-corrected chi connectivity index (χ3v) is 11.2. The van der Waals surface area contributed by atoms with Gasteiger partial charge in [-0.25, -0.2) is 9.97 Å². The molecule has 3 atom stereocenters. The summed E-state index contributed by atoms with van der Waals surface area (Å²) >= 11 is 0. The van der Waals surface area contributed by atoms with Crippen LogP contribution in [-0.4, -0.2) is 71.0 Å². The highest BCUT2D eigenvalue weighted by Gasteiger charge is 2.33. The molecule has 0 unspecified atom stereocenters. The number of methoxy groups -OCH3 is 1. The highest BCUT2D eigenvalue weighted by Crippen LogP contribution is 2.40. The van der Waals surface area contributed by atoms with E-state index in [9.17, 15) is 27.5 Å². The number of oxazole rings is 2. The summed E-state index contributed by atoms with van der Waals surface area (Å²) in [7, 11) is 1.33. The number of esters is 1. The molecular weight excluding hydrogens is 760 g/mol. The number of hydrogen-bond donors (Lipinski definition) is 2. The lowest BCUT2D eigenvalue weighted by atomic mass is 9.91. The van der Waals surface area contributed by atoms with Crippen molar-refractivity contribution in [2.45, 2.75) is 90.5 Å². The average Bonchev–Trinajstić information content (AvgIpc) is 4.00. The molecule has 4 aromatic carbocycles. The Bertz CT molecular complexity index is 2470. The zero-order valence-electron chi connectivity index (χ0n) is 32.1. The number of halogens is 4. The minimum Gasteiger partial charge on any atom is -0.468 e. The highest BCUT2D eigenvalue weighted by atomic mass is 19.3. The van der Waals surface area contributed by atoms with Gasteiger partial charge in [0.05, 0.1) is 13.2 Å². The average molecular weight is 803 g/mol. The summed E-state index contributed by atoms with van der Waals surface area (Å²) in [6.07, 6.45) is 3.23. The van der Waals surface area contributed by atoms with E-state index in [1.165, 1.54) is 19.2 Å². The van der Waals surface area contributed by atoms with Crippen LogP contribution in [-0.2, 0) is 22.6 Å². The number of likely N-dealkylation sites (tertiary alicyclic amines) is 1. The molecular formula is C43H42F4N4O7. The zero-order chi connectivity index (χ0) is 40.7. The van der Waals surface area contributed by atoms with Crippen LogP contribution in [0.4, 0.5) is 17.6 Å². The molecule has 1 saturated carbocycles. The Hall–Kier alpha value is -5.51. The smallest absolute Gasteiger partial charge is 0.387 e. The predicted octanol–water partition coefficient (Wildman–Crippen LogP) is 8.93. The van der Waals surface area contributed by atoms with Crippen molar-refractivity contribution < 1.29 is 50.5 Å². The Morgan fingerprint density at radius 2 is 1.36 bits per heavy atom. The van der Waals surface area contributed by atoms with E-state index in [1.807, 2.05) is 55.1 Å². The molecule has 3 heterocycles. The SMILES string of the molecule is COC(=O)[C@@H]1CCCN1Cc1cc2nc(-c3cccc(-c4cccc(-c5nc6cc(CN[C@@H]7CCC[C@@H]7O)c(OC(F)F)cc6o5)c4C)c3C)oc2cc1OC(F)F. The Labute approximate surface area is 330 Å². The molecule has 1 aliphatic heterocycles. The largest absolute Gasteiger partial charge is 0.468 e. The van der Waals surface area contributed by atoms with E-state index in [2.05, 4.69) is 5.32 Å². The van der Waals surface area contributed by atoms with Crippen LogP contribution in [0.1, 0.15) is 54.4 Å². The van der Waals surface area contributed by atoms with Gasteiger partial charge in [0.25, 0.3) is 0 Å². The second-order valence-electron chi connectivity index (χ2n) is 14.7. The van der Waals surface area contributed by atoms with Crippen LogP contribution in [0.25, 0.3) is 56.2 Å². The molecule has 1 saturated heterocycles. The van der Waals surface area contributed by atoms with Gasteiger partial charge >= 0.3 is 19.2 Å². The van der Waals surface area contributed by atoms with Crippen molar-refractivity contribution in [1.29, 1.82) is 0 Å². The lowest BCUT2D eigenvalue weighted by molar-refractivity contribution is -0.146. The first-order valence-electron chi connectivity index (χ1n) is 19.2. The molecule has 0 radical (unpaired) electrons. The second kappa shape index (κ2) is 16.4. The topological polar surface area (TPSA) is 132 Å². The van der Waals surface area contributed by atoms with Gasteiger partial charge in [0.15, 0.2) is 11.2 Å². The van der Waals surface area contributed by atoms with Crippen LogP contribution in [0, 0.1) is 13.8 Å². The number of alkyl halides is 4. The second-order valence-corrected chi connectivity index (χ2v) is 14.7. The number of aliphatic hydroxyl groups is 1. The molecule has 2 fully saturated rings. The fraction of sp³-hybridized carbons (Fsp3) is 0.372. The summed E-state index contributed by atoms with van der Waals surface area (Å²) in [4.78, 5) is 23.8. The van der Waals surface area contributed by atoms with E-state index in [4.69, 9.17) is 33.0 Å². The first-order chi connectivity index (χ1) is 28.0.